The van der Waals surface area contributed by atoms with E-state index in [9.17, 15) is 0 Å². The standard InChI is InChI=1S/C18H27N/c1-2-5-10-15(9-4-1)17-13-8-14-18(19-17)16-11-6-3-7-12-16/h8,13-16H,1-7,9-12H2. The van der Waals surface area contributed by atoms with Gasteiger partial charge in [-0.15, -0.1) is 0 Å². The van der Waals surface area contributed by atoms with Crippen molar-refractivity contribution in [2.45, 2.75) is 82.5 Å². The molecule has 2 aliphatic rings. The van der Waals surface area contributed by atoms with E-state index in [4.69, 9.17) is 4.98 Å². The van der Waals surface area contributed by atoms with Gasteiger partial charge in [-0.2, -0.15) is 0 Å². The van der Waals surface area contributed by atoms with Crippen LogP contribution in [-0.2, 0) is 0 Å². The van der Waals surface area contributed by atoms with E-state index in [-0.39, 0.29) is 0 Å². The Morgan fingerprint density at radius 2 is 1.05 bits per heavy atom. The first-order chi connectivity index (χ1) is 9.43. The average molecular weight is 257 g/mol. The molecule has 0 N–H and O–H groups in total. The van der Waals surface area contributed by atoms with Crippen LogP contribution in [0.1, 0.15) is 93.9 Å². The summed E-state index contributed by atoms with van der Waals surface area (Å²) in [6.45, 7) is 0. The third-order valence-electron chi connectivity index (χ3n) is 5.09. The highest BCUT2D eigenvalue weighted by molar-refractivity contribution is 5.18. The highest BCUT2D eigenvalue weighted by atomic mass is 14.7. The Balaban J connectivity index is 1.74. The molecule has 1 aromatic rings. The van der Waals surface area contributed by atoms with Crippen molar-refractivity contribution in [3.63, 3.8) is 0 Å². The normalized spacial score (nSPS) is 23.2. The number of pyridine rings is 1. The van der Waals surface area contributed by atoms with E-state index >= 15 is 0 Å². The average Bonchev–Trinajstić information content (AvgIpc) is 2.77. The lowest BCUT2D eigenvalue weighted by molar-refractivity contribution is 0.434. The van der Waals surface area contributed by atoms with Crippen LogP contribution in [0.15, 0.2) is 18.2 Å². The number of aromatic nitrogens is 1. The molecular weight excluding hydrogens is 230 g/mol. The molecule has 0 atom stereocenters. The molecular formula is C18H27N. The van der Waals surface area contributed by atoms with E-state index < -0.39 is 0 Å². The van der Waals surface area contributed by atoms with Crippen LogP contribution in [0.25, 0.3) is 0 Å². The molecule has 0 spiro atoms. The molecule has 1 aromatic heterocycles. The maximum atomic E-state index is 5.06. The number of nitrogens with zero attached hydrogens (tertiary/aromatic N) is 1. The van der Waals surface area contributed by atoms with Gasteiger partial charge in [0.1, 0.15) is 0 Å². The van der Waals surface area contributed by atoms with Crippen molar-refractivity contribution in [3.05, 3.63) is 29.6 Å². The molecule has 1 nitrogen and oxygen atoms in total. The van der Waals surface area contributed by atoms with Gasteiger partial charge in [0, 0.05) is 23.2 Å². The SMILES string of the molecule is c1cc(C2CCCCCC2)nc(C2CCCCC2)c1. The number of hydrogen-bond donors (Lipinski definition) is 0. The molecule has 2 fully saturated rings. The predicted octanol–water partition coefficient (Wildman–Crippen LogP) is 5.57. The topological polar surface area (TPSA) is 12.9 Å². The van der Waals surface area contributed by atoms with Gasteiger partial charge < -0.3 is 0 Å². The summed E-state index contributed by atoms with van der Waals surface area (Å²) in [5.74, 6) is 1.49. The van der Waals surface area contributed by atoms with Gasteiger partial charge in [-0.25, -0.2) is 0 Å². The Morgan fingerprint density at radius 3 is 1.53 bits per heavy atom. The van der Waals surface area contributed by atoms with Gasteiger partial charge >= 0.3 is 0 Å². The second-order valence-electron chi connectivity index (χ2n) is 6.51. The van der Waals surface area contributed by atoms with Crippen LogP contribution in [0.4, 0.5) is 0 Å². The van der Waals surface area contributed by atoms with E-state index in [0.717, 1.165) is 11.8 Å². The first-order valence-electron chi connectivity index (χ1n) is 8.40. The summed E-state index contributed by atoms with van der Waals surface area (Å²) in [4.78, 5) is 5.06. The Bertz CT molecular complexity index is 384. The Kier molecular flexibility index (Phi) is 4.53. The number of rotatable bonds is 2. The van der Waals surface area contributed by atoms with Gasteiger partial charge in [-0.3, -0.25) is 4.98 Å². The van der Waals surface area contributed by atoms with Crippen LogP contribution < -0.4 is 0 Å². The molecule has 19 heavy (non-hydrogen) atoms. The zero-order valence-electron chi connectivity index (χ0n) is 12.1. The fourth-order valence-corrected chi connectivity index (χ4v) is 3.90. The molecule has 0 aliphatic heterocycles. The molecule has 1 heterocycles. The molecule has 0 bridgehead atoms. The quantitative estimate of drug-likeness (QED) is 0.631. The third-order valence-corrected chi connectivity index (χ3v) is 5.09. The summed E-state index contributed by atoms with van der Waals surface area (Å²) in [6, 6.07) is 6.82. The minimum Gasteiger partial charge on any atom is -0.257 e. The zero-order valence-corrected chi connectivity index (χ0v) is 12.1. The van der Waals surface area contributed by atoms with Crippen LogP contribution in [0.2, 0.25) is 0 Å². The van der Waals surface area contributed by atoms with E-state index in [1.807, 2.05) is 0 Å². The fourth-order valence-electron chi connectivity index (χ4n) is 3.90. The summed E-state index contributed by atoms with van der Waals surface area (Å²) < 4.78 is 0. The summed E-state index contributed by atoms with van der Waals surface area (Å²) >= 11 is 0. The van der Waals surface area contributed by atoms with Crippen molar-refractivity contribution in [1.29, 1.82) is 0 Å². The monoisotopic (exact) mass is 257 g/mol. The number of hydrogen-bond acceptors (Lipinski definition) is 1. The van der Waals surface area contributed by atoms with Crippen molar-refractivity contribution in [2.24, 2.45) is 0 Å². The third kappa shape index (κ3) is 3.38. The van der Waals surface area contributed by atoms with Crippen LogP contribution in [0.5, 0.6) is 0 Å². The second kappa shape index (κ2) is 6.54. The lowest BCUT2D eigenvalue weighted by Gasteiger charge is -2.22. The molecule has 3 rings (SSSR count). The van der Waals surface area contributed by atoms with Gasteiger partial charge in [0.25, 0.3) is 0 Å². The van der Waals surface area contributed by atoms with Gasteiger partial charge in [-0.1, -0.05) is 51.0 Å². The second-order valence-corrected chi connectivity index (χ2v) is 6.51. The molecule has 2 aliphatic carbocycles. The molecule has 0 aromatic carbocycles. The smallest absolute Gasteiger partial charge is 0.0437 e. The summed E-state index contributed by atoms with van der Waals surface area (Å²) in [6.07, 6.45) is 15.3. The van der Waals surface area contributed by atoms with Crippen LogP contribution in [0, 0.1) is 0 Å². The fraction of sp³-hybridized carbons (Fsp3) is 0.722. The van der Waals surface area contributed by atoms with Crippen LogP contribution in [-0.4, -0.2) is 4.98 Å². The van der Waals surface area contributed by atoms with Crippen molar-refractivity contribution < 1.29 is 0 Å². The first kappa shape index (κ1) is 13.1. The van der Waals surface area contributed by atoms with Gasteiger partial charge in [0.05, 0.1) is 0 Å². The molecule has 0 radical (unpaired) electrons. The van der Waals surface area contributed by atoms with E-state index in [0.29, 0.717) is 0 Å². The van der Waals surface area contributed by atoms with Gasteiger partial charge in [-0.05, 0) is 37.8 Å². The van der Waals surface area contributed by atoms with Crippen LogP contribution >= 0.6 is 0 Å². The van der Waals surface area contributed by atoms with E-state index in [1.54, 1.807) is 0 Å². The Hall–Kier alpha value is -0.850. The zero-order chi connectivity index (χ0) is 12.9. The molecule has 0 unspecified atom stereocenters. The Labute approximate surface area is 117 Å². The summed E-state index contributed by atoms with van der Waals surface area (Å²) in [5.41, 5.74) is 2.78. The van der Waals surface area contributed by atoms with E-state index in [2.05, 4.69) is 18.2 Å². The Morgan fingerprint density at radius 1 is 0.632 bits per heavy atom. The summed E-state index contributed by atoms with van der Waals surface area (Å²) in [7, 11) is 0. The van der Waals surface area contributed by atoms with Crippen molar-refractivity contribution >= 4 is 0 Å². The predicted molar refractivity (Wildman–Crippen MR) is 80.5 cm³/mol. The first-order valence-corrected chi connectivity index (χ1v) is 8.40. The molecule has 1 heteroatoms. The minimum atomic E-state index is 0.742. The van der Waals surface area contributed by atoms with E-state index in [1.165, 1.54) is 82.0 Å². The summed E-state index contributed by atoms with van der Waals surface area (Å²) in [5, 5.41) is 0. The molecule has 0 amide bonds. The highest BCUT2D eigenvalue weighted by Crippen LogP contribution is 2.34. The van der Waals surface area contributed by atoms with Crippen molar-refractivity contribution in [1.82, 2.24) is 4.98 Å². The van der Waals surface area contributed by atoms with Crippen molar-refractivity contribution in [2.75, 3.05) is 0 Å². The largest absolute Gasteiger partial charge is 0.257 e. The maximum absolute atomic E-state index is 5.06. The van der Waals surface area contributed by atoms with Crippen LogP contribution in [0.3, 0.4) is 0 Å². The lowest BCUT2D eigenvalue weighted by Crippen LogP contribution is -2.09. The lowest BCUT2D eigenvalue weighted by atomic mass is 9.86. The van der Waals surface area contributed by atoms with Gasteiger partial charge in [0.15, 0.2) is 0 Å². The minimum absolute atomic E-state index is 0.742. The highest BCUT2D eigenvalue weighted by Gasteiger charge is 2.19. The molecule has 0 saturated heterocycles. The molecule has 104 valence electrons. The maximum Gasteiger partial charge on any atom is 0.0437 e. The van der Waals surface area contributed by atoms with Gasteiger partial charge in [0.2, 0.25) is 0 Å². The van der Waals surface area contributed by atoms with Crippen molar-refractivity contribution in [3.8, 4) is 0 Å². The molecule has 2 saturated carbocycles.